The highest BCUT2D eigenvalue weighted by Gasteiger charge is 2.31. The molecule has 0 saturated heterocycles. The maximum Gasteiger partial charge on any atom is 0.226 e. The molecule has 5 heteroatoms. The fraction of sp³-hybridized carbons (Fsp3) is 0.562. The van der Waals surface area contributed by atoms with Crippen molar-refractivity contribution in [1.29, 1.82) is 0 Å². The largest absolute Gasteiger partial charge is 0.494 e. The Balaban J connectivity index is 1.68. The Morgan fingerprint density at radius 2 is 2.10 bits per heavy atom. The van der Waals surface area contributed by atoms with E-state index in [0.29, 0.717) is 18.9 Å². The predicted molar refractivity (Wildman–Crippen MR) is 79.5 cm³/mol. The van der Waals surface area contributed by atoms with Crippen LogP contribution in [-0.2, 0) is 4.79 Å². The van der Waals surface area contributed by atoms with Crippen molar-refractivity contribution in [2.45, 2.75) is 31.7 Å². The highest BCUT2D eigenvalue weighted by Crippen LogP contribution is 2.25. The van der Waals surface area contributed by atoms with Crippen LogP contribution in [0.3, 0.4) is 0 Å². The summed E-state index contributed by atoms with van der Waals surface area (Å²) in [6, 6.07) is 5.94. The summed E-state index contributed by atoms with van der Waals surface area (Å²) in [7, 11) is 1.81. The van der Waals surface area contributed by atoms with E-state index in [2.05, 4.69) is 0 Å². The first-order valence-electron chi connectivity index (χ1n) is 7.47. The standard InChI is InChI=1S/C16H23FN2O2/c1-19(16(20)14-4-2-5-15(14)18)10-3-11-21-13-8-6-12(17)7-9-13/h6-9,14-15H,2-5,10-11,18H2,1H3. The average molecular weight is 294 g/mol. The monoisotopic (exact) mass is 294 g/mol. The molecule has 1 aromatic carbocycles. The van der Waals surface area contributed by atoms with E-state index in [-0.39, 0.29) is 23.7 Å². The van der Waals surface area contributed by atoms with Crippen LogP contribution >= 0.6 is 0 Å². The van der Waals surface area contributed by atoms with Crippen molar-refractivity contribution in [2.24, 2.45) is 11.7 Å². The van der Waals surface area contributed by atoms with E-state index in [1.165, 1.54) is 12.1 Å². The Morgan fingerprint density at radius 3 is 2.71 bits per heavy atom. The summed E-state index contributed by atoms with van der Waals surface area (Å²) in [5.41, 5.74) is 5.96. The van der Waals surface area contributed by atoms with E-state index in [1.54, 1.807) is 17.0 Å². The third-order valence-electron chi connectivity index (χ3n) is 3.98. The van der Waals surface area contributed by atoms with Crippen molar-refractivity contribution in [3.05, 3.63) is 30.1 Å². The van der Waals surface area contributed by atoms with Crippen molar-refractivity contribution in [2.75, 3.05) is 20.2 Å². The lowest BCUT2D eigenvalue weighted by atomic mass is 10.0. The molecule has 0 aromatic heterocycles. The molecular weight excluding hydrogens is 271 g/mol. The molecule has 2 atom stereocenters. The third kappa shape index (κ3) is 4.43. The molecule has 0 aliphatic heterocycles. The molecule has 1 fully saturated rings. The van der Waals surface area contributed by atoms with Gasteiger partial charge in [0.05, 0.1) is 12.5 Å². The smallest absolute Gasteiger partial charge is 0.226 e. The Kier molecular flexibility index (Phi) is 5.56. The minimum atomic E-state index is -0.277. The molecule has 4 nitrogen and oxygen atoms in total. The number of hydrogen-bond acceptors (Lipinski definition) is 3. The molecule has 1 aromatic rings. The lowest BCUT2D eigenvalue weighted by molar-refractivity contribution is -0.134. The summed E-state index contributed by atoms with van der Waals surface area (Å²) >= 11 is 0. The minimum Gasteiger partial charge on any atom is -0.494 e. The fourth-order valence-electron chi connectivity index (χ4n) is 2.71. The highest BCUT2D eigenvalue weighted by atomic mass is 19.1. The van der Waals surface area contributed by atoms with Crippen LogP contribution < -0.4 is 10.5 Å². The number of halogens is 1. The van der Waals surface area contributed by atoms with Crippen molar-refractivity contribution >= 4 is 5.91 Å². The first-order chi connectivity index (χ1) is 10.1. The van der Waals surface area contributed by atoms with Gasteiger partial charge in [-0.15, -0.1) is 0 Å². The number of hydrogen-bond donors (Lipinski definition) is 1. The van der Waals surface area contributed by atoms with Gasteiger partial charge >= 0.3 is 0 Å². The molecule has 0 radical (unpaired) electrons. The van der Waals surface area contributed by atoms with Crippen molar-refractivity contribution in [3.63, 3.8) is 0 Å². The molecule has 2 rings (SSSR count). The Morgan fingerprint density at radius 1 is 1.38 bits per heavy atom. The van der Waals surface area contributed by atoms with Gasteiger partial charge in [-0.05, 0) is 43.5 Å². The van der Waals surface area contributed by atoms with Gasteiger partial charge in [-0.3, -0.25) is 4.79 Å². The summed E-state index contributed by atoms with van der Waals surface area (Å²) in [6.45, 7) is 1.14. The van der Waals surface area contributed by atoms with Crippen LogP contribution in [-0.4, -0.2) is 37.0 Å². The van der Waals surface area contributed by atoms with E-state index < -0.39 is 0 Å². The zero-order chi connectivity index (χ0) is 15.2. The topological polar surface area (TPSA) is 55.6 Å². The van der Waals surface area contributed by atoms with Crippen molar-refractivity contribution in [1.82, 2.24) is 4.90 Å². The number of benzene rings is 1. The molecule has 1 aliphatic rings. The number of carbonyl (C=O) groups is 1. The van der Waals surface area contributed by atoms with Gasteiger partial charge in [0.1, 0.15) is 11.6 Å². The second-order valence-electron chi connectivity index (χ2n) is 5.62. The summed E-state index contributed by atoms with van der Waals surface area (Å²) in [6.07, 6.45) is 3.62. The van der Waals surface area contributed by atoms with Gasteiger partial charge in [0.2, 0.25) is 5.91 Å². The van der Waals surface area contributed by atoms with Crippen molar-refractivity contribution in [3.8, 4) is 5.75 Å². The fourth-order valence-corrected chi connectivity index (χ4v) is 2.71. The maximum absolute atomic E-state index is 12.7. The van der Waals surface area contributed by atoms with Crippen LogP contribution in [0.25, 0.3) is 0 Å². The zero-order valence-corrected chi connectivity index (χ0v) is 12.4. The van der Waals surface area contributed by atoms with Crippen LogP contribution in [0, 0.1) is 11.7 Å². The predicted octanol–water partition coefficient (Wildman–Crippen LogP) is 2.18. The van der Waals surface area contributed by atoms with E-state index in [0.717, 1.165) is 25.7 Å². The molecule has 0 heterocycles. The number of rotatable bonds is 6. The SMILES string of the molecule is CN(CCCOc1ccc(F)cc1)C(=O)C1CCCC1N. The van der Waals surface area contributed by atoms with Gasteiger partial charge in [-0.2, -0.15) is 0 Å². The molecular formula is C16H23FN2O2. The zero-order valence-electron chi connectivity index (χ0n) is 12.4. The van der Waals surface area contributed by atoms with E-state index in [1.807, 2.05) is 7.05 Å². The lowest BCUT2D eigenvalue weighted by Crippen LogP contribution is -2.40. The van der Waals surface area contributed by atoms with E-state index >= 15 is 0 Å². The molecule has 1 amide bonds. The van der Waals surface area contributed by atoms with Crippen molar-refractivity contribution < 1.29 is 13.9 Å². The third-order valence-corrected chi connectivity index (χ3v) is 3.98. The molecule has 21 heavy (non-hydrogen) atoms. The Bertz CT molecular complexity index is 464. The molecule has 0 spiro atoms. The summed E-state index contributed by atoms with van der Waals surface area (Å²) in [5.74, 6) is 0.485. The normalized spacial score (nSPS) is 21.3. The Hall–Kier alpha value is -1.62. The number of nitrogens with two attached hydrogens (primary N) is 1. The maximum atomic E-state index is 12.7. The van der Waals surface area contributed by atoms with E-state index in [4.69, 9.17) is 10.5 Å². The number of carbonyl (C=O) groups excluding carboxylic acids is 1. The summed E-state index contributed by atoms with van der Waals surface area (Å²) in [4.78, 5) is 14.0. The number of amides is 1. The minimum absolute atomic E-state index is 0.00964. The van der Waals surface area contributed by atoms with Gasteiger partial charge in [0.25, 0.3) is 0 Å². The Labute approximate surface area is 125 Å². The average Bonchev–Trinajstić information content (AvgIpc) is 2.90. The second-order valence-corrected chi connectivity index (χ2v) is 5.62. The molecule has 0 bridgehead atoms. The first kappa shape index (κ1) is 15.8. The van der Waals surface area contributed by atoms with Gasteiger partial charge in [-0.1, -0.05) is 6.42 Å². The number of ether oxygens (including phenoxy) is 1. The van der Waals surface area contributed by atoms with Crippen LogP contribution in [0.2, 0.25) is 0 Å². The molecule has 116 valence electrons. The molecule has 1 aliphatic carbocycles. The number of nitrogens with zero attached hydrogens (tertiary/aromatic N) is 1. The quantitative estimate of drug-likeness (QED) is 0.818. The van der Waals surface area contributed by atoms with Gasteiger partial charge in [0.15, 0.2) is 0 Å². The van der Waals surface area contributed by atoms with Gasteiger partial charge < -0.3 is 15.4 Å². The molecule has 1 saturated carbocycles. The van der Waals surface area contributed by atoms with E-state index in [9.17, 15) is 9.18 Å². The van der Waals surface area contributed by atoms with Crippen LogP contribution in [0.4, 0.5) is 4.39 Å². The van der Waals surface area contributed by atoms with Crippen LogP contribution in [0.1, 0.15) is 25.7 Å². The highest BCUT2D eigenvalue weighted by molar-refractivity contribution is 5.79. The summed E-state index contributed by atoms with van der Waals surface area (Å²) in [5, 5.41) is 0. The van der Waals surface area contributed by atoms with Crippen LogP contribution in [0.15, 0.2) is 24.3 Å². The second kappa shape index (κ2) is 7.41. The first-order valence-corrected chi connectivity index (χ1v) is 7.47. The summed E-state index contributed by atoms with van der Waals surface area (Å²) < 4.78 is 18.2. The molecule has 2 N–H and O–H groups in total. The molecule has 2 unspecified atom stereocenters. The van der Waals surface area contributed by atoms with Crippen LogP contribution in [0.5, 0.6) is 5.75 Å². The van der Waals surface area contributed by atoms with Gasteiger partial charge in [-0.25, -0.2) is 4.39 Å². The van der Waals surface area contributed by atoms with Gasteiger partial charge in [0, 0.05) is 19.6 Å². The lowest BCUT2D eigenvalue weighted by Gasteiger charge is -2.23.